The van der Waals surface area contributed by atoms with Gasteiger partial charge in [0.1, 0.15) is 6.29 Å². The van der Waals surface area contributed by atoms with E-state index in [9.17, 15) is 4.79 Å². The minimum absolute atomic E-state index is 0.364. The number of aldehydes is 1. The zero-order valence-electron chi connectivity index (χ0n) is 6.53. The molecule has 0 saturated carbocycles. The van der Waals surface area contributed by atoms with Gasteiger partial charge in [-0.25, -0.2) is 0 Å². The number of hydrogen-bond acceptors (Lipinski definition) is 1. The molecule has 0 unspecified atom stereocenters. The van der Waals surface area contributed by atoms with Crippen LogP contribution >= 0.6 is 11.6 Å². The van der Waals surface area contributed by atoms with Crippen LogP contribution in [0.2, 0.25) is 0 Å². The van der Waals surface area contributed by atoms with Gasteiger partial charge >= 0.3 is 0 Å². The first-order valence-electron chi connectivity index (χ1n) is 3.65. The molecule has 0 aliphatic carbocycles. The molecular weight excluding hydrogens is 172 g/mol. The SMILES string of the molecule is O=C/C(=C/CCl)c1ccccc1. The summed E-state index contributed by atoms with van der Waals surface area (Å²) in [4.78, 5) is 10.6. The van der Waals surface area contributed by atoms with Crippen LogP contribution < -0.4 is 0 Å². The van der Waals surface area contributed by atoms with Crippen molar-refractivity contribution < 1.29 is 4.79 Å². The lowest BCUT2D eigenvalue weighted by molar-refractivity contribution is -0.103. The molecule has 12 heavy (non-hydrogen) atoms. The molecule has 1 aromatic rings. The molecule has 0 heterocycles. The second-order valence-corrected chi connectivity index (χ2v) is 2.61. The summed E-state index contributed by atoms with van der Waals surface area (Å²) in [5.41, 5.74) is 1.55. The van der Waals surface area contributed by atoms with E-state index in [0.717, 1.165) is 11.8 Å². The molecule has 1 aromatic carbocycles. The van der Waals surface area contributed by atoms with Crippen LogP contribution in [-0.4, -0.2) is 12.2 Å². The van der Waals surface area contributed by atoms with Gasteiger partial charge in [0.25, 0.3) is 0 Å². The first kappa shape index (κ1) is 9.01. The Hall–Kier alpha value is -1.08. The topological polar surface area (TPSA) is 17.1 Å². The van der Waals surface area contributed by atoms with Gasteiger partial charge in [0, 0.05) is 11.5 Å². The molecule has 0 amide bonds. The highest BCUT2D eigenvalue weighted by Crippen LogP contribution is 2.10. The van der Waals surface area contributed by atoms with Gasteiger partial charge < -0.3 is 0 Å². The fraction of sp³-hybridized carbons (Fsp3) is 0.100. The Bertz CT molecular complexity index is 277. The average molecular weight is 181 g/mol. The quantitative estimate of drug-likeness (QED) is 0.397. The van der Waals surface area contributed by atoms with Crippen LogP contribution in [0.3, 0.4) is 0 Å². The highest BCUT2D eigenvalue weighted by atomic mass is 35.5. The summed E-state index contributed by atoms with van der Waals surface area (Å²) in [5.74, 6) is 0.364. The van der Waals surface area contributed by atoms with Crippen LogP contribution in [0.4, 0.5) is 0 Å². The van der Waals surface area contributed by atoms with Crippen molar-refractivity contribution in [1.82, 2.24) is 0 Å². The minimum atomic E-state index is 0.364. The molecule has 2 heteroatoms. The third-order valence-electron chi connectivity index (χ3n) is 1.53. The van der Waals surface area contributed by atoms with Gasteiger partial charge in [-0.05, 0) is 5.56 Å². The smallest absolute Gasteiger partial charge is 0.150 e. The van der Waals surface area contributed by atoms with Crippen LogP contribution in [0.25, 0.3) is 5.57 Å². The molecule has 0 atom stereocenters. The molecule has 0 fully saturated rings. The van der Waals surface area contributed by atoms with Crippen LogP contribution in [0.15, 0.2) is 36.4 Å². The molecule has 0 N–H and O–H groups in total. The van der Waals surface area contributed by atoms with Crippen molar-refractivity contribution in [3.05, 3.63) is 42.0 Å². The maximum absolute atomic E-state index is 10.6. The number of rotatable bonds is 3. The summed E-state index contributed by atoms with van der Waals surface area (Å²) >= 11 is 5.49. The third kappa shape index (κ3) is 2.21. The summed E-state index contributed by atoms with van der Waals surface area (Å²) in [7, 11) is 0. The highest BCUT2D eigenvalue weighted by molar-refractivity contribution is 6.20. The van der Waals surface area contributed by atoms with E-state index in [0.29, 0.717) is 11.5 Å². The number of carbonyl (C=O) groups is 1. The Balaban J connectivity index is 2.96. The number of hydrogen-bond donors (Lipinski definition) is 0. The Kier molecular flexibility index (Phi) is 3.55. The number of benzene rings is 1. The summed E-state index contributed by atoms with van der Waals surface area (Å²) < 4.78 is 0. The molecule has 0 aromatic heterocycles. The second kappa shape index (κ2) is 4.73. The van der Waals surface area contributed by atoms with Crippen LogP contribution in [0, 0.1) is 0 Å². The van der Waals surface area contributed by atoms with Crippen LogP contribution in [0.1, 0.15) is 5.56 Å². The van der Waals surface area contributed by atoms with E-state index in [1.54, 1.807) is 6.08 Å². The van der Waals surface area contributed by atoms with E-state index >= 15 is 0 Å². The molecular formula is C10H9ClO. The van der Waals surface area contributed by atoms with Gasteiger partial charge in [-0.3, -0.25) is 4.79 Å². The van der Waals surface area contributed by atoms with E-state index in [-0.39, 0.29) is 0 Å². The molecule has 62 valence electrons. The van der Waals surface area contributed by atoms with Crippen molar-refractivity contribution in [3.8, 4) is 0 Å². The maximum atomic E-state index is 10.6. The Morgan fingerprint density at radius 1 is 1.33 bits per heavy atom. The molecule has 0 aliphatic heterocycles. The van der Waals surface area contributed by atoms with Crippen molar-refractivity contribution in [2.24, 2.45) is 0 Å². The normalized spacial score (nSPS) is 11.2. The molecule has 0 saturated heterocycles. The molecule has 1 nitrogen and oxygen atoms in total. The summed E-state index contributed by atoms with van der Waals surface area (Å²) in [6.07, 6.45) is 2.52. The molecule has 0 radical (unpaired) electrons. The van der Waals surface area contributed by atoms with Crippen LogP contribution in [-0.2, 0) is 4.79 Å². The second-order valence-electron chi connectivity index (χ2n) is 2.30. The van der Waals surface area contributed by atoms with Crippen molar-refractivity contribution in [1.29, 1.82) is 0 Å². The van der Waals surface area contributed by atoms with Crippen molar-refractivity contribution in [2.75, 3.05) is 5.88 Å². The van der Waals surface area contributed by atoms with E-state index in [1.807, 2.05) is 30.3 Å². The number of halogens is 1. The van der Waals surface area contributed by atoms with Crippen molar-refractivity contribution in [3.63, 3.8) is 0 Å². The molecule has 0 spiro atoms. The minimum Gasteiger partial charge on any atom is -0.298 e. The van der Waals surface area contributed by atoms with Crippen molar-refractivity contribution in [2.45, 2.75) is 0 Å². The number of alkyl halides is 1. The average Bonchev–Trinajstić information content (AvgIpc) is 2.15. The van der Waals surface area contributed by atoms with Gasteiger partial charge in [0.05, 0.1) is 0 Å². The predicted molar refractivity (Wildman–Crippen MR) is 51.2 cm³/mol. The van der Waals surface area contributed by atoms with Gasteiger partial charge in [0.2, 0.25) is 0 Å². The van der Waals surface area contributed by atoms with E-state index in [4.69, 9.17) is 11.6 Å². The Labute approximate surface area is 76.7 Å². The number of allylic oxidation sites excluding steroid dienone is 2. The molecule has 0 aliphatic rings. The molecule has 0 bridgehead atoms. The zero-order chi connectivity index (χ0) is 8.81. The van der Waals surface area contributed by atoms with E-state index in [1.165, 1.54) is 0 Å². The van der Waals surface area contributed by atoms with Gasteiger partial charge in [-0.15, -0.1) is 11.6 Å². The fourth-order valence-electron chi connectivity index (χ4n) is 0.948. The standard InChI is InChI=1S/C10H9ClO/c11-7-6-10(8-12)9-4-2-1-3-5-9/h1-6,8H,7H2/b10-6-. The van der Waals surface area contributed by atoms with Gasteiger partial charge in [0.15, 0.2) is 0 Å². The summed E-state index contributed by atoms with van der Waals surface area (Å²) in [5, 5.41) is 0. The predicted octanol–water partition coefficient (Wildman–Crippen LogP) is 2.51. The Morgan fingerprint density at radius 2 is 2.00 bits per heavy atom. The molecule has 1 rings (SSSR count). The first-order chi connectivity index (χ1) is 5.88. The van der Waals surface area contributed by atoms with E-state index in [2.05, 4.69) is 0 Å². The largest absolute Gasteiger partial charge is 0.298 e. The van der Waals surface area contributed by atoms with Gasteiger partial charge in [-0.2, -0.15) is 0 Å². The lowest BCUT2D eigenvalue weighted by Crippen LogP contribution is -1.85. The zero-order valence-corrected chi connectivity index (χ0v) is 7.29. The third-order valence-corrected chi connectivity index (χ3v) is 1.69. The van der Waals surface area contributed by atoms with Crippen molar-refractivity contribution >= 4 is 23.5 Å². The summed E-state index contributed by atoms with van der Waals surface area (Å²) in [6, 6.07) is 9.45. The number of carbonyl (C=O) groups excluding carboxylic acids is 1. The fourth-order valence-corrected chi connectivity index (χ4v) is 1.11. The lowest BCUT2D eigenvalue weighted by Gasteiger charge is -1.97. The monoisotopic (exact) mass is 180 g/mol. The first-order valence-corrected chi connectivity index (χ1v) is 4.18. The Morgan fingerprint density at radius 3 is 2.50 bits per heavy atom. The van der Waals surface area contributed by atoms with Gasteiger partial charge in [-0.1, -0.05) is 36.4 Å². The maximum Gasteiger partial charge on any atom is 0.150 e. The van der Waals surface area contributed by atoms with Crippen LogP contribution in [0.5, 0.6) is 0 Å². The van der Waals surface area contributed by atoms with E-state index < -0.39 is 0 Å². The highest BCUT2D eigenvalue weighted by Gasteiger charge is 1.96. The lowest BCUT2D eigenvalue weighted by atomic mass is 10.1. The summed E-state index contributed by atoms with van der Waals surface area (Å²) in [6.45, 7) is 0.